The highest BCUT2D eigenvalue weighted by Crippen LogP contribution is 2.10. The summed E-state index contributed by atoms with van der Waals surface area (Å²) in [7, 11) is 0. The van der Waals surface area contributed by atoms with Gasteiger partial charge in [0.25, 0.3) is 0 Å². The number of carbonyl (C=O) groups is 1. The van der Waals surface area contributed by atoms with Crippen molar-refractivity contribution < 1.29 is 4.79 Å². The van der Waals surface area contributed by atoms with Gasteiger partial charge in [-0.1, -0.05) is 13.8 Å². The van der Waals surface area contributed by atoms with Gasteiger partial charge in [-0.15, -0.1) is 0 Å². The molecule has 1 saturated heterocycles. The van der Waals surface area contributed by atoms with Gasteiger partial charge in [0.05, 0.1) is 0 Å². The maximum Gasteiger partial charge on any atom is 0.220 e. The van der Waals surface area contributed by atoms with E-state index >= 15 is 0 Å². The van der Waals surface area contributed by atoms with Gasteiger partial charge in [-0.25, -0.2) is 0 Å². The van der Waals surface area contributed by atoms with E-state index in [4.69, 9.17) is 0 Å². The predicted octanol–water partition coefficient (Wildman–Crippen LogP) is 1.15. The van der Waals surface area contributed by atoms with E-state index < -0.39 is 0 Å². The molecule has 0 aromatic rings. The Morgan fingerprint density at radius 1 is 1.57 bits per heavy atom. The van der Waals surface area contributed by atoms with Crippen molar-refractivity contribution in [3.63, 3.8) is 0 Å². The quantitative estimate of drug-likeness (QED) is 0.696. The fourth-order valence-corrected chi connectivity index (χ4v) is 1.82. The summed E-state index contributed by atoms with van der Waals surface area (Å²) < 4.78 is 0. The van der Waals surface area contributed by atoms with Crippen LogP contribution < -0.4 is 10.6 Å². The molecular weight excluding hydrogens is 176 g/mol. The van der Waals surface area contributed by atoms with Crippen molar-refractivity contribution in [2.75, 3.05) is 19.6 Å². The standard InChI is InChI=1S/C11H22N2O/c1-9(2)7-11(14)13-6-4-10-3-5-12-8-10/h9-10,12H,3-8H2,1-2H3,(H,13,14). The zero-order valence-electron chi connectivity index (χ0n) is 9.31. The molecule has 2 N–H and O–H groups in total. The lowest BCUT2D eigenvalue weighted by atomic mass is 10.1. The second kappa shape index (κ2) is 6.02. The van der Waals surface area contributed by atoms with E-state index in [0.717, 1.165) is 32.0 Å². The molecule has 0 bridgehead atoms. The van der Waals surface area contributed by atoms with Gasteiger partial charge in [0.2, 0.25) is 5.91 Å². The first kappa shape index (κ1) is 11.5. The van der Waals surface area contributed by atoms with Crippen LogP contribution in [0.3, 0.4) is 0 Å². The summed E-state index contributed by atoms with van der Waals surface area (Å²) in [5.41, 5.74) is 0. The van der Waals surface area contributed by atoms with Crippen LogP contribution in [0.2, 0.25) is 0 Å². The third kappa shape index (κ3) is 4.61. The molecule has 82 valence electrons. The van der Waals surface area contributed by atoms with Crippen LogP contribution in [0.5, 0.6) is 0 Å². The minimum atomic E-state index is 0.200. The summed E-state index contributed by atoms with van der Waals surface area (Å²) >= 11 is 0. The summed E-state index contributed by atoms with van der Waals surface area (Å²) in [5, 5.41) is 6.30. The average Bonchev–Trinajstić information content (AvgIpc) is 2.55. The first-order valence-electron chi connectivity index (χ1n) is 5.66. The van der Waals surface area contributed by atoms with E-state index in [1.165, 1.54) is 6.42 Å². The lowest BCUT2D eigenvalue weighted by Crippen LogP contribution is -2.27. The third-order valence-electron chi connectivity index (χ3n) is 2.63. The van der Waals surface area contributed by atoms with Gasteiger partial charge in [0.1, 0.15) is 0 Å². The molecule has 3 heteroatoms. The zero-order valence-corrected chi connectivity index (χ0v) is 9.31. The average molecular weight is 198 g/mol. The van der Waals surface area contributed by atoms with E-state index in [9.17, 15) is 4.79 Å². The van der Waals surface area contributed by atoms with Gasteiger partial charge in [0, 0.05) is 13.0 Å². The van der Waals surface area contributed by atoms with Crippen molar-refractivity contribution in [3.05, 3.63) is 0 Å². The first-order chi connectivity index (χ1) is 6.68. The van der Waals surface area contributed by atoms with Crippen LogP contribution in [0.4, 0.5) is 0 Å². The number of amides is 1. The lowest BCUT2D eigenvalue weighted by molar-refractivity contribution is -0.121. The Labute approximate surface area is 86.6 Å². The Kier molecular flexibility index (Phi) is 4.94. The smallest absolute Gasteiger partial charge is 0.220 e. The molecule has 1 heterocycles. The van der Waals surface area contributed by atoms with E-state index in [1.54, 1.807) is 0 Å². The van der Waals surface area contributed by atoms with Crippen LogP contribution >= 0.6 is 0 Å². The minimum Gasteiger partial charge on any atom is -0.356 e. The molecule has 1 aliphatic rings. The molecule has 0 spiro atoms. The predicted molar refractivity (Wildman–Crippen MR) is 58.1 cm³/mol. The molecule has 0 saturated carbocycles. The molecule has 14 heavy (non-hydrogen) atoms. The first-order valence-corrected chi connectivity index (χ1v) is 5.66. The molecule has 0 aliphatic carbocycles. The summed E-state index contributed by atoms with van der Waals surface area (Å²) in [4.78, 5) is 11.3. The SMILES string of the molecule is CC(C)CC(=O)NCCC1CCNC1. The third-order valence-corrected chi connectivity index (χ3v) is 2.63. The Hall–Kier alpha value is -0.570. The molecule has 1 rings (SSSR count). The van der Waals surface area contributed by atoms with Gasteiger partial charge in [0.15, 0.2) is 0 Å². The highest BCUT2D eigenvalue weighted by atomic mass is 16.1. The number of rotatable bonds is 5. The second-order valence-corrected chi connectivity index (χ2v) is 4.60. The zero-order chi connectivity index (χ0) is 10.4. The van der Waals surface area contributed by atoms with E-state index in [1.807, 2.05) is 0 Å². The minimum absolute atomic E-state index is 0.200. The molecule has 0 radical (unpaired) electrons. The topological polar surface area (TPSA) is 41.1 Å². The van der Waals surface area contributed by atoms with Gasteiger partial charge >= 0.3 is 0 Å². The molecular formula is C11H22N2O. The summed E-state index contributed by atoms with van der Waals surface area (Å²) in [5.74, 6) is 1.43. The Bertz CT molecular complexity index is 174. The summed E-state index contributed by atoms with van der Waals surface area (Å²) in [6.45, 7) is 7.25. The van der Waals surface area contributed by atoms with Gasteiger partial charge in [-0.2, -0.15) is 0 Å². The summed E-state index contributed by atoms with van der Waals surface area (Å²) in [6.07, 6.45) is 3.04. The summed E-state index contributed by atoms with van der Waals surface area (Å²) in [6, 6.07) is 0. The molecule has 1 amide bonds. The molecule has 3 nitrogen and oxygen atoms in total. The second-order valence-electron chi connectivity index (χ2n) is 4.60. The van der Waals surface area contributed by atoms with Crippen LogP contribution in [0.1, 0.15) is 33.1 Å². The molecule has 1 unspecified atom stereocenters. The monoisotopic (exact) mass is 198 g/mol. The van der Waals surface area contributed by atoms with Crippen LogP contribution in [0.25, 0.3) is 0 Å². The van der Waals surface area contributed by atoms with Crippen LogP contribution in [0, 0.1) is 11.8 Å². The Balaban J connectivity index is 1.99. The van der Waals surface area contributed by atoms with Crippen molar-refractivity contribution >= 4 is 5.91 Å². The fourth-order valence-electron chi connectivity index (χ4n) is 1.82. The fraction of sp³-hybridized carbons (Fsp3) is 0.909. The highest BCUT2D eigenvalue weighted by Gasteiger charge is 2.14. The van der Waals surface area contributed by atoms with Crippen molar-refractivity contribution in [2.24, 2.45) is 11.8 Å². The number of hydrogen-bond donors (Lipinski definition) is 2. The Morgan fingerprint density at radius 2 is 2.36 bits per heavy atom. The van der Waals surface area contributed by atoms with Crippen LogP contribution in [-0.4, -0.2) is 25.5 Å². The largest absolute Gasteiger partial charge is 0.356 e. The van der Waals surface area contributed by atoms with Crippen molar-refractivity contribution in [2.45, 2.75) is 33.1 Å². The normalized spacial score (nSPS) is 21.5. The highest BCUT2D eigenvalue weighted by molar-refractivity contribution is 5.75. The number of hydrogen-bond acceptors (Lipinski definition) is 2. The number of carbonyl (C=O) groups excluding carboxylic acids is 1. The van der Waals surface area contributed by atoms with Crippen LogP contribution in [-0.2, 0) is 4.79 Å². The number of nitrogens with one attached hydrogen (secondary N) is 2. The van der Waals surface area contributed by atoms with Crippen molar-refractivity contribution in [3.8, 4) is 0 Å². The van der Waals surface area contributed by atoms with Crippen molar-refractivity contribution in [1.29, 1.82) is 0 Å². The maximum atomic E-state index is 11.3. The van der Waals surface area contributed by atoms with E-state index in [-0.39, 0.29) is 5.91 Å². The van der Waals surface area contributed by atoms with E-state index in [0.29, 0.717) is 12.3 Å². The molecule has 0 aromatic heterocycles. The van der Waals surface area contributed by atoms with Gasteiger partial charge in [-0.3, -0.25) is 4.79 Å². The molecule has 1 atom stereocenters. The molecule has 0 aromatic carbocycles. The molecule has 1 aliphatic heterocycles. The van der Waals surface area contributed by atoms with Crippen molar-refractivity contribution in [1.82, 2.24) is 10.6 Å². The van der Waals surface area contributed by atoms with Gasteiger partial charge in [-0.05, 0) is 37.8 Å². The molecule has 1 fully saturated rings. The maximum absolute atomic E-state index is 11.3. The van der Waals surface area contributed by atoms with E-state index in [2.05, 4.69) is 24.5 Å². The van der Waals surface area contributed by atoms with Gasteiger partial charge < -0.3 is 10.6 Å². The lowest BCUT2D eigenvalue weighted by Gasteiger charge is -2.10. The Morgan fingerprint density at radius 3 is 2.93 bits per heavy atom. The van der Waals surface area contributed by atoms with Crippen LogP contribution in [0.15, 0.2) is 0 Å².